The second kappa shape index (κ2) is 50.8. The van der Waals surface area contributed by atoms with Crippen molar-refractivity contribution in [2.24, 2.45) is 0 Å². The lowest BCUT2D eigenvalue weighted by molar-refractivity contribution is 0.194. The van der Waals surface area contributed by atoms with Gasteiger partial charge < -0.3 is 4.89 Å². The lowest BCUT2D eigenvalue weighted by atomic mass is 10.0. The molecule has 1 unspecified atom stereocenters. The van der Waals surface area contributed by atoms with E-state index >= 15 is 0 Å². The van der Waals surface area contributed by atoms with E-state index in [-0.39, 0.29) is 0 Å². The molecule has 0 amide bonds. The van der Waals surface area contributed by atoms with Crippen molar-refractivity contribution in [1.29, 1.82) is 0 Å². The van der Waals surface area contributed by atoms with Crippen LogP contribution in [-0.4, -0.2) is 29.3 Å². The predicted molar refractivity (Wildman–Crippen MR) is 266 cm³/mol. The molecule has 1 atom stereocenters. The molecule has 0 spiro atoms. The summed E-state index contributed by atoms with van der Waals surface area (Å²) in [6.45, 7) is 8.65. The zero-order chi connectivity index (χ0) is 42.8. The van der Waals surface area contributed by atoms with Gasteiger partial charge in [-0.2, -0.15) is 0 Å². The van der Waals surface area contributed by atoms with Crippen molar-refractivity contribution in [3.05, 3.63) is 0 Å². The largest absolute Gasteiger partial charge is 0.405 e. The lowest BCUT2D eigenvalue weighted by Gasteiger charge is -2.26. The maximum Gasteiger partial charge on any atom is 0.405 e. The van der Waals surface area contributed by atoms with Gasteiger partial charge >= 0.3 is 7.75 Å². The average Bonchev–Trinajstić information content (AvgIpc) is 3.23. The Labute approximate surface area is 373 Å². The molecule has 0 bridgehead atoms. The first-order valence-electron chi connectivity index (χ1n) is 27.8. The molecule has 0 aromatic rings. The van der Waals surface area contributed by atoms with E-state index in [1.807, 2.05) is 4.67 Å². The third-order valence-corrected chi connectivity index (χ3v) is 14.8. The van der Waals surface area contributed by atoms with E-state index in [1.165, 1.54) is 270 Å². The molecule has 0 saturated heterocycles. The average molecular weight is 854 g/mol. The number of nitrogens with zero attached hydrogens (tertiary/aromatic N) is 1. The van der Waals surface area contributed by atoms with Gasteiger partial charge in [0.15, 0.2) is 0 Å². The second-order valence-electron chi connectivity index (χ2n) is 19.2. The van der Waals surface area contributed by atoms with Crippen molar-refractivity contribution in [2.75, 3.05) is 19.7 Å². The van der Waals surface area contributed by atoms with Gasteiger partial charge in [-0.05, 0) is 19.3 Å². The van der Waals surface area contributed by atoms with Crippen molar-refractivity contribution >= 4 is 7.75 Å². The first-order chi connectivity index (χ1) is 29.1. The summed E-state index contributed by atoms with van der Waals surface area (Å²) in [6.07, 6.45) is 64.9. The third kappa shape index (κ3) is 47.4. The van der Waals surface area contributed by atoms with Crippen LogP contribution in [0.5, 0.6) is 0 Å². The van der Waals surface area contributed by atoms with Crippen LogP contribution >= 0.6 is 7.75 Å². The minimum absolute atomic E-state index is 0.412. The van der Waals surface area contributed by atoms with E-state index in [1.54, 1.807) is 0 Å². The van der Waals surface area contributed by atoms with Crippen LogP contribution < -0.4 is 0 Å². The first kappa shape index (κ1) is 59.1. The minimum atomic E-state index is -3.72. The molecule has 0 aliphatic heterocycles. The Morgan fingerprint density at radius 3 is 0.661 bits per heavy atom. The zero-order valence-corrected chi connectivity index (χ0v) is 42.1. The Bertz CT molecular complexity index is 762. The van der Waals surface area contributed by atoms with Crippen LogP contribution in [0.25, 0.3) is 0 Å². The fourth-order valence-corrected chi connectivity index (χ4v) is 10.3. The molecule has 4 nitrogen and oxygen atoms in total. The highest BCUT2D eigenvalue weighted by atomic mass is 31.2. The van der Waals surface area contributed by atoms with Crippen molar-refractivity contribution in [2.45, 2.75) is 329 Å². The summed E-state index contributed by atoms with van der Waals surface area (Å²) >= 11 is 0. The Balaban J connectivity index is 3.96. The van der Waals surface area contributed by atoms with Crippen LogP contribution in [-0.2, 0) is 9.09 Å². The van der Waals surface area contributed by atoms with Crippen molar-refractivity contribution < 1.29 is 14.0 Å². The van der Waals surface area contributed by atoms with Gasteiger partial charge in [-0.1, -0.05) is 310 Å². The summed E-state index contributed by atoms with van der Waals surface area (Å²) in [7, 11) is -3.72. The van der Waals surface area contributed by atoms with E-state index < -0.39 is 7.75 Å². The van der Waals surface area contributed by atoms with Crippen LogP contribution in [0.1, 0.15) is 329 Å². The van der Waals surface area contributed by atoms with Crippen molar-refractivity contribution in [3.8, 4) is 0 Å². The van der Waals surface area contributed by atoms with E-state index in [0.29, 0.717) is 19.7 Å². The normalized spacial score (nSPS) is 12.9. The van der Waals surface area contributed by atoms with Gasteiger partial charge in [0, 0.05) is 13.1 Å². The predicted octanol–water partition coefficient (Wildman–Crippen LogP) is 20.2. The number of hydrogen-bond acceptors (Lipinski definition) is 2. The zero-order valence-electron chi connectivity index (χ0n) is 41.2. The van der Waals surface area contributed by atoms with Crippen LogP contribution in [0.3, 0.4) is 0 Å². The topological polar surface area (TPSA) is 49.8 Å². The van der Waals surface area contributed by atoms with Crippen LogP contribution in [0.15, 0.2) is 0 Å². The highest BCUT2D eigenvalue weighted by Crippen LogP contribution is 2.47. The van der Waals surface area contributed by atoms with Gasteiger partial charge in [-0.25, -0.2) is 9.24 Å². The fraction of sp³-hybridized carbons (Fsp3) is 1.00. The monoisotopic (exact) mass is 854 g/mol. The Kier molecular flexibility index (Phi) is 50.8. The molecule has 1 N–H and O–H groups in total. The molecule has 0 rings (SSSR count). The molecule has 0 aliphatic carbocycles. The van der Waals surface area contributed by atoms with Gasteiger partial charge in [0.1, 0.15) is 0 Å². The quantitative estimate of drug-likeness (QED) is 0.0489. The Morgan fingerprint density at radius 1 is 0.288 bits per heavy atom. The van der Waals surface area contributed by atoms with Gasteiger partial charge in [-0.3, -0.25) is 4.52 Å². The van der Waals surface area contributed by atoms with Crippen molar-refractivity contribution in [1.82, 2.24) is 4.67 Å². The minimum Gasteiger partial charge on any atom is -0.312 e. The molecule has 0 radical (unpaired) electrons. The smallest absolute Gasteiger partial charge is 0.312 e. The summed E-state index contributed by atoms with van der Waals surface area (Å²) in [5, 5.41) is 0. The van der Waals surface area contributed by atoms with Gasteiger partial charge in [0.2, 0.25) is 0 Å². The fourth-order valence-electron chi connectivity index (χ4n) is 8.96. The van der Waals surface area contributed by atoms with Gasteiger partial charge in [0.05, 0.1) is 6.61 Å². The van der Waals surface area contributed by atoms with E-state index in [9.17, 15) is 9.46 Å². The summed E-state index contributed by atoms with van der Waals surface area (Å²) in [5.41, 5.74) is 0. The molecule has 0 fully saturated rings. The first-order valence-corrected chi connectivity index (χ1v) is 29.3. The molecule has 5 heteroatoms. The lowest BCUT2D eigenvalue weighted by Crippen LogP contribution is -2.24. The summed E-state index contributed by atoms with van der Waals surface area (Å²) < 4.78 is 20.9. The Morgan fingerprint density at radius 2 is 0.458 bits per heavy atom. The standard InChI is InChI=1S/C54H112NO3P/c1-4-7-10-13-16-18-20-22-24-26-28-30-32-34-36-38-40-42-44-46-49-52-55(59(56,57)58-54-51-48-15-12-9-6-3)53-50-47-45-43-41-39-37-35-33-31-29-27-25-23-21-19-17-14-11-8-5-2/h4-54H2,1-3H3,(H,56,57). The highest BCUT2D eigenvalue weighted by molar-refractivity contribution is 7.50. The number of hydrogen-bond donors (Lipinski definition) is 1. The molecule has 0 aliphatic rings. The highest BCUT2D eigenvalue weighted by Gasteiger charge is 2.28. The number of unbranched alkanes of at least 4 members (excludes halogenated alkanes) is 45. The van der Waals surface area contributed by atoms with Gasteiger partial charge in [-0.15, -0.1) is 0 Å². The molecule has 356 valence electrons. The molecule has 0 saturated carbocycles. The van der Waals surface area contributed by atoms with Gasteiger partial charge in [0.25, 0.3) is 0 Å². The van der Waals surface area contributed by atoms with E-state index in [0.717, 1.165) is 38.5 Å². The Hall–Kier alpha value is 0.110. The van der Waals surface area contributed by atoms with Crippen LogP contribution in [0, 0.1) is 0 Å². The number of rotatable bonds is 53. The second-order valence-corrected chi connectivity index (χ2v) is 21.0. The maximum atomic E-state index is 13.4. The van der Waals surface area contributed by atoms with Crippen LogP contribution in [0.2, 0.25) is 0 Å². The molecular weight excluding hydrogens is 742 g/mol. The van der Waals surface area contributed by atoms with E-state index in [2.05, 4.69) is 20.8 Å². The summed E-state index contributed by atoms with van der Waals surface area (Å²) in [6, 6.07) is 0. The molecular formula is C54H112NO3P. The third-order valence-electron chi connectivity index (χ3n) is 13.2. The summed E-state index contributed by atoms with van der Waals surface area (Å²) in [5.74, 6) is 0. The molecule has 59 heavy (non-hydrogen) atoms. The maximum absolute atomic E-state index is 13.4. The van der Waals surface area contributed by atoms with E-state index in [4.69, 9.17) is 4.52 Å². The SMILES string of the molecule is CCCCCCCCCCCCCCCCCCCCCCCN(CCCCCCCCCCCCCCCCCCCCCCC)P(=O)(O)OCCCCCCCC. The van der Waals surface area contributed by atoms with Crippen LogP contribution in [0.4, 0.5) is 0 Å². The molecule has 0 aromatic carbocycles. The summed E-state index contributed by atoms with van der Waals surface area (Å²) in [4.78, 5) is 11.0. The van der Waals surface area contributed by atoms with Crippen molar-refractivity contribution in [3.63, 3.8) is 0 Å². The molecule has 0 aromatic heterocycles. The molecule has 0 heterocycles.